The summed E-state index contributed by atoms with van der Waals surface area (Å²) >= 11 is 0. The highest BCUT2D eigenvalue weighted by atomic mass is 16.6. The molecule has 0 bridgehead atoms. The number of aryl methyl sites for hydroxylation is 1. The van der Waals surface area contributed by atoms with Crippen LogP contribution in [0.15, 0.2) is 23.0 Å². The van der Waals surface area contributed by atoms with Crippen LogP contribution in [0.1, 0.15) is 66.8 Å². The number of carbonyl (C=O) groups is 1. The molecule has 0 spiro atoms. The van der Waals surface area contributed by atoms with Gasteiger partial charge in [-0.05, 0) is 73.1 Å². The molecular formula is C25H36N6O4. The summed E-state index contributed by atoms with van der Waals surface area (Å²) in [7, 11) is 0. The molecule has 1 aromatic carbocycles. The SMILES string of the molecule is CCn1c(=O)[nH]c2ccc(-c3nc(COC(C)(C)C)nn3C3CCN(C(=O)OC(C)(C)C)C3)cc21. The number of nitrogens with one attached hydrogen (secondary N) is 1. The van der Waals surface area contributed by atoms with Gasteiger partial charge in [-0.15, -0.1) is 0 Å². The molecular weight excluding hydrogens is 448 g/mol. The highest BCUT2D eigenvalue weighted by Gasteiger charge is 2.33. The predicted molar refractivity (Wildman–Crippen MR) is 133 cm³/mol. The van der Waals surface area contributed by atoms with Crippen LogP contribution in [0.3, 0.4) is 0 Å². The van der Waals surface area contributed by atoms with Crippen LogP contribution in [0.25, 0.3) is 22.4 Å². The molecule has 0 saturated carbocycles. The average Bonchev–Trinajstić information content (AvgIpc) is 3.46. The maximum Gasteiger partial charge on any atom is 0.410 e. The molecule has 10 nitrogen and oxygen atoms in total. The Hall–Kier alpha value is -3.14. The van der Waals surface area contributed by atoms with Crippen LogP contribution in [0.5, 0.6) is 0 Å². The Balaban J connectivity index is 1.69. The molecule has 35 heavy (non-hydrogen) atoms. The van der Waals surface area contributed by atoms with Gasteiger partial charge in [-0.2, -0.15) is 5.10 Å². The number of nitrogens with zero attached hydrogens (tertiary/aromatic N) is 5. The van der Waals surface area contributed by atoms with Crippen molar-refractivity contribution < 1.29 is 14.3 Å². The van der Waals surface area contributed by atoms with Crippen molar-refractivity contribution in [1.29, 1.82) is 0 Å². The van der Waals surface area contributed by atoms with E-state index in [4.69, 9.17) is 19.6 Å². The van der Waals surface area contributed by atoms with Crippen molar-refractivity contribution in [2.24, 2.45) is 0 Å². The monoisotopic (exact) mass is 484 g/mol. The van der Waals surface area contributed by atoms with Crippen LogP contribution in [0.4, 0.5) is 4.79 Å². The number of likely N-dealkylation sites (tertiary alicyclic amines) is 1. The van der Waals surface area contributed by atoms with Gasteiger partial charge in [0.05, 0.1) is 22.7 Å². The van der Waals surface area contributed by atoms with E-state index in [2.05, 4.69) is 4.98 Å². The van der Waals surface area contributed by atoms with E-state index in [1.54, 1.807) is 9.47 Å². The molecule has 1 aliphatic heterocycles. The van der Waals surface area contributed by atoms with Crippen molar-refractivity contribution in [1.82, 2.24) is 29.2 Å². The number of hydrogen-bond acceptors (Lipinski definition) is 6. The molecule has 3 aromatic rings. The summed E-state index contributed by atoms with van der Waals surface area (Å²) in [6.45, 7) is 15.4. The number of ether oxygens (including phenoxy) is 2. The second kappa shape index (κ2) is 9.14. The third kappa shape index (κ3) is 5.58. The van der Waals surface area contributed by atoms with E-state index in [1.165, 1.54) is 0 Å². The molecule has 1 fully saturated rings. The zero-order valence-corrected chi connectivity index (χ0v) is 21.7. The van der Waals surface area contributed by atoms with Gasteiger partial charge in [0.1, 0.15) is 12.2 Å². The number of benzene rings is 1. The highest BCUT2D eigenvalue weighted by molar-refractivity contribution is 5.80. The molecule has 0 radical (unpaired) electrons. The van der Waals surface area contributed by atoms with Crippen LogP contribution in [-0.4, -0.2) is 59.6 Å². The predicted octanol–water partition coefficient (Wildman–Crippen LogP) is 4.11. The first-order chi connectivity index (χ1) is 16.3. The molecule has 1 saturated heterocycles. The summed E-state index contributed by atoms with van der Waals surface area (Å²) in [6.07, 6.45) is 0.417. The molecule has 1 atom stereocenters. The number of fused-ring (bicyclic) bond motifs is 1. The lowest BCUT2D eigenvalue weighted by atomic mass is 10.1. The number of imidazole rings is 1. The number of carbonyl (C=O) groups excluding carboxylic acids is 1. The fourth-order valence-corrected chi connectivity index (χ4v) is 4.20. The Kier molecular flexibility index (Phi) is 6.52. The Morgan fingerprint density at radius 2 is 1.91 bits per heavy atom. The Bertz CT molecular complexity index is 1270. The molecule has 10 heteroatoms. The van der Waals surface area contributed by atoms with Crippen LogP contribution in [0.2, 0.25) is 0 Å². The third-order valence-corrected chi connectivity index (χ3v) is 5.82. The molecule has 1 unspecified atom stereocenters. The van der Waals surface area contributed by atoms with Gasteiger partial charge in [-0.1, -0.05) is 0 Å². The zero-order chi connectivity index (χ0) is 25.5. The van der Waals surface area contributed by atoms with Crippen molar-refractivity contribution in [2.75, 3.05) is 13.1 Å². The molecule has 4 rings (SSSR count). The fraction of sp³-hybridized carbons (Fsp3) is 0.600. The molecule has 190 valence electrons. The van der Waals surface area contributed by atoms with Gasteiger partial charge < -0.3 is 19.4 Å². The van der Waals surface area contributed by atoms with E-state index in [-0.39, 0.29) is 30.0 Å². The van der Waals surface area contributed by atoms with E-state index >= 15 is 0 Å². The summed E-state index contributed by atoms with van der Waals surface area (Å²) in [5.74, 6) is 1.26. The summed E-state index contributed by atoms with van der Waals surface area (Å²) in [6, 6.07) is 5.74. The van der Waals surface area contributed by atoms with Crippen LogP contribution in [0, 0.1) is 0 Å². The first kappa shape index (κ1) is 25.0. The van der Waals surface area contributed by atoms with E-state index in [0.29, 0.717) is 31.3 Å². The minimum Gasteiger partial charge on any atom is -0.444 e. The number of aromatic nitrogens is 5. The van der Waals surface area contributed by atoms with Crippen molar-refractivity contribution in [3.05, 3.63) is 34.5 Å². The number of aromatic amines is 1. The third-order valence-electron chi connectivity index (χ3n) is 5.82. The molecule has 3 heterocycles. The number of H-pyrrole nitrogens is 1. The van der Waals surface area contributed by atoms with E-state index < -0.39 is 5.60 Å². The van der Waals surface area contributed by atoms with Gasteiger partial charge in [0.25, 0.3) is 0 Å². The summed E-state index contributed by atoms with van der Waals surface area (Å²) in [5, 5.41) is 4.79. The van der Waals surface area contributed by atoms with Crippen molar-refractivity contribution in [2.45, 2.75) is 85.3 Å². The van der Waals surface area contributed by atoms with Crippen LogP contribution >= 0.6 is 0 Å². The second-order valence-corrected chi connectivity index (χ2v) is 11.0. The van der Waals surface area contributed by atoms with E-state index in [9.17, 15) is 9.59 Å². The average molecular weight is 485 g/mol. The molecule has 1 amide bonds. The summed E-state index contributed by atoms with van der Waals surface area (Å²) in [4.78, 5) is 34.3. The molecule has 0 aliphatic carbocycles. The normalized spacial score (nSPS) is 16.9. The standard InChI is InChI=1S/C25H36N6O4/c1-8-30-19-13-16(9-10-18(19)26-22(30)32)21-27-20(15-34-24(2,3)4)28-31(21)17-11-12-29(14-17)23(33)35-25(5,6)7/h9-10,13,17H,8,11-12,14-15H2,1-7H3,(H,26,32). The summed E-state index contributed by atoms with van der Waals surface area (Å²) in [5.41, 5.74) is 1.44. The number of amides is 1. The maximum atomic E-state index is 12.6. The number of rotatable bonds is 5. The minimum absolute atomic E-state index is 0.0521. The van der Waals surface area contributed by atoms with Crippen LogP contribution in [-0.2, 0) is 22.6 Å². The fourth-order valence-electron chi connectivity index (χ4n) is 4.20. The Labute approximate surface area is 205 Å². The topological polar surface area (TPSA) is 107 Å². The van der Waals surface area contributed by atoms with Crippen molar-refractivity contribution in [3.63, 3.8) is 0 Å². The lowest BCUT2D eigenvalue weighted by Gasteiger charge is -2.24. The molecule has 1 N–H and O–H groups in total. The van der Waals surface area contributed by atoms with Gasteiger partial charge in [-0.25, -0.2) is 19.3 Å². The zero-order valence-electron chi connectivity index (χ0n) is 21.7. The largest absolute Gasteiger partial charge is 0.444 e. The van der Waals surface area contributed by atoms with E-state index in [0.717, 1.165) is 23.0 Å². The first-order valence-electron chi connectivity index (χ1n) is 12.1. The van der Waals surface area contributed by atoms with Crippen LogP contribution < -0.4 is 5.69 Å². The molecule has 2 aromatic heterocycles. The van der Waals surface area contributed by atoms with Crippen molar-refractivity contribution >= 4 is 17.1 Å². The van der Waals surface area contributed by atoms with Gasteiger partial charge in [0.15, 0.2) is 11.6 Å². The highest BCUT2D eigenvalue weighted by Crippen LogP contribution is 2.30. The maximum absolute atomic E-state index is 12.6. The Morgan fingerprint density at radius 1 is 1.17 bits per heavy atom. The van der Waals surface area contributed by atoms with Gasteiger partial charge in [0, 0.05) is 25.2 Å². The van der Waals surface area contributed by atoms with Gasteiger partial charge >= 0.3 is 11.8 Å². The lowest BCUT2D eigenvalue weighted by molar-refractivity contribution is -0.0182. The smallest absolute Gasteiger partial charge is 0.410 e. The van der Waals surface area contributed by atoms with E-state index in [1.807, 2.05) is 71.3 Å². The second-order valence-electron chi connectivity index (χ2n) is 11.0. The first-order valence-corrected chi connectivity index (χ1v) is 12.1. The Morgan fingerprint density at radius 3 is 2.57 bits per heavy atom. The molecule has 1 aliphatic rings. The minimum atomic E-state index is -0.550. The number of hydrogen-bond donors (Lipinski definition) is 1. The lowest BCUT2D eigenvalue weighted by Crippen LogP contribution is -2.35. The van der Waals surface area contributed by atoms with Gasteiger partial charge in [-0.3, -0.25) is 4.57 Å². The summed E-state index contributed by atoms with van der Waals surface area (Å²) < 4.78 is 15.1. The quantitative estimate of drug-likeness (QED) is 0.584. The van der Waals surface area contributed by atoms with Crippen molar-refractivity contribution in [3.8, 4) is 11.4 Å². The van der Waals surface area contributed by atoms with Gasteiger partial charge in [0.2, 0.25) is 0 Å².